The summed E-state index contributed by atoms with van der Waals surface area (Å²) in [5.74, 6) is -0.863. The molecule has 0 radical (unpaired) electrons. The minimum atomic E-state index is -4.63. The highest BCUT2D eigenvalue weighted by Gasteiger charge is 2.59. The molecule has 3 rings (SSSR count). The summed E-state index contributed by atoms with van der Waals surface area (Å²) < 4.78 is 46.2. The molecule has 1 aliphatic rings. The average Bonchev–Trinajstić information content (AvgIpc) is 3.08. The molecule has 0 spiro atoms. The first-order chi connectivity index (χ1) is 11.9. The molecule has 130 valence electrons. The Morgan fingerprint density at radius 2 is 1.68 bits per heavy atom. The summed E-state index contributed by atoms with van der Waals surface area (Å²) in [6, 6.07) is 16.2. The Kier molecular flexibility index (Phi) is 4.48. The average molecular weight is 348 g/mol. The van der Waals surface area contributed by atoms with Crippen molar-refractivity contribution in [3.63, 3.8) is 0 Å². The summed E-state index contributed by atoms with van der Waals surface area (Å²) in [6.07, 6.45) is -5.24. The van der Waals surface area contributed by atoms with Crippen molar-refractivity contribution in [3.05, 3.63) is 71.8 Å². The van der Waals surface area contributed by atoms with E-state index in [-0.39, 0.29) is 17.9 Å². The van der Waals surface area contributed by atoms with E-state index in [0.717, 1.165) is 5.56 Å². The minimum absolute atomic E-state index is 0.00268. The van der Waals surface area contributed by atoms with Gasteiger partial charge in [0.05, 0.1) is 0 Å². The molecule has 4 nitrogen and oxygen atoms in total. The number of nitrogens with zero attached hydrogens (tertiary/aromatic N) is 1. The molecule has 1 atom stereocenters. The third kappa shape index (κ3) is 3.35. The van der Waals surface area contributed by atoms with Crippen LogP contribution in [0.5, 0.6) is 0 Å². The largest absolute Gasteiger partial charge is 0.456 e. The van der Waals surface area contributed by atoms with Gasteiger partial charge in [0.1, 0.15) is 12.3 Å². The summed E-state index contributed by atoms with van der Waals surface area (Å²) in [6.45, 7) is -0.0248. The number of ether oxygens (including phenoxy) is 1. The van der Waals surface area contributed by atoms with Crippen molar-refractivity contribution >= 4 is 11.7 Å². The van der Waals surface area contributed by atoms with Gasteiger partial charge in [0.15, 0.2) is 5.54 Å². The number of hydrazone groups is 1. The van der Waals surface area contributed by atoms with Gasteiger partial charge in [-0.25, -0.2) is 4.79 Å². The van der Waals surface area contributed by atoms with Gasteiger partial charge < -0.3 is 4.74 Å². The molecule has 0 bridgehead atoms. The number of alkyl halides is 3. The van der Waals surface area contributed by atoms with E-state index in [9.17, 15) is 18.0 Å². The predicted molar refractivity (Wildman–Crippen MR) is 85.6 cm³/mol. The first-order valence-corrected chi connectivity index (χ1v) is 7.59. The van der Waals surface area contributed by atoms with Gasteiger partial charge in [0.2, 0.25) is 0 Å². The van der Waals surface area contributed by atoms with Gasteiger partial charge in [-0.1, -0.05) is 60.7 Å². The Balaban J connectivity index is 1.74. The van der Waals surface area contributed by atoms with E-state index in [1.165, 1.54) is 24.3 Å². The third-order valence-corrected chi connectivity index (χ3v) is 4.01. The molecule has 7 heteroatoms. The number of esters is 1. The van der Waals surface area contributed by atoms with Crippen LogP contribution in [0, 0.1) is 0 Å². The maximum absolute atomic E-state index is 13.7. The van der Waals surface area contributed by atoms with E-state index < -0.39 is 24.1 Å². The second kappa shape index (κ2) is 6.58. The molecule has 1 unspecified atom stereocenters. The van der Waals surface area contributed by atoms with Gasteiger partial charge >= 0.3 is 12.1 Å². The van der Waals surface area contributed by atoms with E-state index in [0.29, 0.717) is 0 Å². The number of benzene rings is 2. The molecule has 0 amide bonds. The Labute approximate surface area is 142 Å². The lowest BCUT2D eigenvalue weighted by molar-refractivity contribution is -0.196. The summed E-state index contributed by atoms with van der Waals surface area (Å²) >= 11 is 0. The number of halogens is 3. The van der Waals surface area contributed by atoms with Crippen molar-refractivity contribution < 1.29 is 22.7 Å². The normalized spacial score (nSPS) is 19.9. The van der Waals surface area contributed by atoms with Crippen molar-refractivity contribution in [1.29, 1.82) is 0 Å². The summed E-state index contributed by atoms with van der Waals surface area (Å²) in [5, 5.41) is 3.62. The first kappa shape index (κ1) is 17.0. The van der Waals surface area contributed by atoms with Crippen molar-refractivity contribution in [3.8, 4) is 0 Å². The number of carbonyl (C=O) groups excluding carboxylic acids is 1. The Morgan fingerprint density at radius 3 is 2.28 bits per heavy atom. The minimum Gasteiger partial charge on any atom is -0.456 e. The standard InChI is InChI=1S/C18H15F3N2O2/c19-18(20,21)17(14-9-5-2-6-10-14)11-15(22-23-17)16(24)25-12-13-7-3-1-4-8-13/h1-10,23H,11-12H2. The fourth-order valence-corrected chi connectivity index (χ4v) is 2.63. The zero-order valence-electron chi connectivity index (χ0n) is 13.1. The van der Waals surface area contributed by atoms with Crippen LogP contribution in [0.1, 0.15) is 17.5 Å². The van der Waals surface area contributed by atoms with Crippen LogP contribution in [0.25, 0.3) is 0 Å². The van der Waals surface area contributed by atoms with Crippen LogP contribution >= 0.6 is 0 Å². The second-order valence-electron chi connectivity index (χ2n) is 5.68. The lowest BCUT2D eigenvalue weighted by Crippen LogP contribution is -2.50. The number of hydrogen-bond acceptors (Lipinski definition) is 4. The predicted octanol–water partition coefficient (Wildman–Crippen LogP) is 3.54. The molecule has 1 aliphatic heterocycles. The zero-order valence-corrected chi connectivity index (χ0v) is 13.1. The molecule has 25 heavy (non-hydrogen) atoms. The van der Waals surface area contributed by atoms with Crippen molar-refractivity contribution in [2.45, 2.75) is 24.7 Å². The fraction of sp³-hybridized carbons (Fsp3) is 0.222. The number of carbonyl (C=O) groups is 1. The highest BCUT2D eigenvalue weighted by Crippen LogP contribution is 2.44. The Bertz CT molecular complexity index is 776. The van der Waals surface area contributed by atoms with Gasteiger partial charge in [-0.2, -0.15) is 18.3 Å². The fourth-order valence-electron chi connectivity index (χ4n) is 2.63. The molecular weight excluding hydrogens is 333 g/mol. The Morgan fingerprint density at radius 1 is 1.08 bits per heavy atom. The number of nitrogens with one attached hydrogen (secondary N) is 1. The van der Waals surface area contributed by atoms with Crippen molar-refractivity contribution in [1.82, 2.24) is 5.43 Å². The highest BCUT2D eigenvalue weighted by molar-refractivity contribution is 6.37. The quantitative estimate of drug-likeness (QED) is 0.860. The van der Waals surface area contributed by atoms with E-state index in [1.54, 1.807) is 30.3 Å². The van der Waals surface area contributed by atoms with Gasteiger partial charge in [0, 0.05) is 6.42 Å². The Hall–Kier alpha value is -2.83. The van der Waals surface area contributed by atoms with Crippen molar-refractivity contribution in [2.24, 2.45) is 5.10 Å². The van der Waals surface area contributed by atoms with Crippen molar-refractivity contribution in [2.75, 3.05) is 0 Å². The van der Waals surface area contributed by atoms with Crippen LogP contribution in [0.15, 0.2) is 65.8 Å². The summed E-state index contributed by atoms with van der Waals surface area (Å²) in [7, 11) is 0. The molecule has 0 saturated heterocycles. The summed E-state index contributed by atoms with van der Waals surface area (Å²) in [4.78, 5) is 12.1. The van der Waals surface area contributed by atoms with E-state index >= 15 is 0 Å². The highest BCUT2D eigenvalue weighted by atomic mass is 19.4. The second-order valence-corrected chi connectivity index (χ2v) is 5.68. The molecule has 1 N–H and O–H groups in total. The van der Waals surface area contributed by atoms with Crippen LogP contribution in [0.2, 0.25) is 0 Å². The van der Waals surface area contributed by atoms with Gasteiger partial charge in [-0.3, -0.25) is 5.43 Å². The topological polar surface area (TPSA) is 50.7 Å². The smallest absolute Gasteiger partial charge is 0.417 e. The molecular formula is C18H15F3N2O2. The third-order valence-electron chi connectivity index (χ3n) is 4.01. The molecule has 2 aromatic rings. The first-order valence-electron chi connectivity index (χ1n) is 7.59. The number of hydrogen-bond donors (Lipinski definition) is 1. The maximum atomic E-state index is 13.7. The molecule has 1 heterocycles. The summed E-state index contributed by atoms with van der Waals surface area (Å²) in [5.41, 5.74) is 0.156. The molecule has 2 aromatic carbocycles. The molecule has 0 aliphatic carbocycles. The monoisotopic (exact) mass is 348 g/mol. The van der Waals surface area contributed by atoms with Gasteiger partial charge in [-0.05, 0) is 11.1 Å². The van der Waals surface area contributed by atoms with Crippen LogP contribution in [-0.4, -0.2) is 17.9 Å². The lowest BCUT2D eigenvalue weighted by atomic mass is 9.85. The SMILES string of the molecule is O=C(OCc1ccccc1)C1=NNC(c2ccccc2)(C(F)(F)F)C1. The lowest BCUT2D eigenvalue weighted by Gasteiger charge is -2.31. The molecule has 0 saturated carbocycles. The van der Waals surface area contributed by atoms with Gasteiger partial charge in [0.25, 0.3) is 0 Å². The maximum Gasteiger partial charge on any atom is 0.417 e. The van der Waals surface area contributed by atoms with Gasteiger partial charge in [-0.15, -0.1) is 0 Å². The molecule has 0 aromatic heterocycles. The number of rotatable bonds is 4. The van der Waals surface area contributed by atoms with Crippen LogP contribution in [-0.2, 0) is 21.7 Å². The van der Waals surface area contributed by atoms with Crippen LogP contribution < -0.4 is 5.43 Å². The van der Waals surface area contributed by atoms with Crippen LogP contribution in [0.4, 0.5) is 13.2 Å². The molecule has 0 fully saturated rings. The zero-order chi connectivity index (χ0) is 17.9. The van der Waals surface area contributed by atoms with E-state index in [1.807, 2.05) is 6.07 Å². The van der Waals surface area contributed by atoms with E-state index in [4.69, 9.17) is 4.74 Å². The van der Waals surface area contributed by atoms with Crippen LogP contribution in [0.3, 0.4) is 0 Å². The van der Waals surface area contributed by atoms with E-state index in [2.05, 4.69) is 10.5 Å².